The lowest BCUT2D eigenvalue weighted by molar-refractivity contribution is 0.0950. The Labute approximate surface area is 176 Å². The minimum Gasteiger partial charge on any atom is -0.493 e. The second kappa shape index (κ2) is 9.47. The van der Waals surface area contributed by atoms with E-state index in [9.17, 15) is 13.2 Å². The van der Waals surface area contributed by atoms with E-state index in [1.54, 1.807) is 18.2 Å². The van der Waals surface area contributed by atoms with Crippen molar-refractivity contribution in [2.24, 2.45) is 0 Å². The topological polar surface area (TPSA) is 84.9 Å². The van der Waals surface area contributed by atoms with Crippen molar-refractivity contribution in [2.75, 3.05) is 21.2 Å². The van der Waals surface area contributed by atoms with Crippen LogP contribution in [0.15, 0.2) is 41.3 Å². The number of amides is 1. The van der Waals surface area contributed by atoms with Gasteiger partial charge in [-0.2, -0.15) is 0 Å². The summed E-state index contributed by atoms with van der Waals surface area (Å²) in [7, 11) is 0.747. The molecule has 0 aliphatic rings. The lowest BCUT2D eigenvalue weighted by atomic mass is 10.1. The molecule has 0 heterocycles. The Hall–Kier alpha value is -2.29. The van der Waals surface area contributed by atoms with Gasteiger partial charge in [0, 0.05) is 26.2 Å². The van der Waals surface area contributed by atoms with Crippen LogP contribution in [-0.4, -0.2) is 45.9 Å². The van der Waals surface area contributed by atoms with Crippen molar-refractivity contribution in [2.45, 2.75) is 31.4 Å². The molecule has 0 unspecified atom stereocenters. The molecule has 0 fully saturated rings. The van der Waals surface area contributed by atoms with E-state index in [-0.39, 0.29) is 28.1 Å². The van der Waals surface area contributed by atoms with E-state index in [4.69, 9.17) is 21.1 Å². The van der Waals surface area contributed by atoms with Crippen LogP contribution in [0.2, 0.25) is 5.02 Å². The number of hydrogen-bond acceptors (Lipinski definition) is 5. The number of benzene rings is 2. The summed E-state index contributed by atoms with van der Waals surface area (Å²) in [6, 6.07) is 9.54. The number of carbonyl (C=O) groups is 1. The molecule has 0 bridgehead atoms. The molecular weight excluding hydrogens is 416 g/mol. The Morgan fingerprint density at radius 1 is 1.21 bits per heavy atom. The maximum atomic E-state index is 12.6. The number of methoxy groups -OCH3 is 1. The maximum absolute atomic E-state index is 12.6. The summed E-state index contributed by atoms with van der Waals surface area (Å²) in [5, 5.41) is 2.98. The van der Waals surface area contributed by atoms with E-state index in [2.05, 4.69) is 5.32 Å². The molecule has 1 amide bonds. The van der Waals surface area contributed by atoms with Gasteiger partial charge in [-0.1, -0.05) is 29.8 Å². The van der Waals surface area contributed by atoms with Crippen LogP contribution < -0.4 is 14.8 Å². The van der Waals surface area contributed by atoms with Crippen LogP contribution in [0.5, 0.6) is 11.5 Å². The van der Waals surface area contributed by atoms with Gasteiger partial charge in [0.15, 0.2) is 11.5 Å². The fraction of sp³-hybridized carbons (Fsp3) is 0.350. The number of sulfonamides is 1. The number of nitrogens with zero attached hydrogens (tertiary/aromatic N) is 1. The number of halogens is 1. The average Bonchev–Trinajstić information content (AvgIpc) is 2.67. The van der Waals surface area contributed by atoms with Crippen LogP contribution in [0.4, 0.5) is 0 Å². The molecule has 2 rings (SSSR count). The summed E-state index contributed by atoms with van der Waals surface area (Å²) in [5.41, 5.74) is 0.753. The third-order valence-corrected chi connectivity index (χ3v) is 6.21. The van der Waals surface area contributed by atoms with E-state index in [1.165, 1.54) is 39.4 Å². The first kappa shape index (κ1) is 23.0. The molecule has 1 N–H and O–H groups in total. The van der Waals surface area contributed by atoms with Crippen molar-refractivity contribution >= 4 is 27.5 Å². The first-order valence-electron chi connectivity index (χ1n) is 8.90. The molecule has 9 heteroatoms. The van der Waals surface area contributed by atoms with Gasteiger partial charge in [-0.05, 0) is 37.6 Å². The van der Waals surface area contributed by atoms with Gasteiger partial charge in [-0.3, -0.25) is 4.79 Å². The highest BCUT2D eigenvalue weighted by Crippen LogP contribution is 2.37. The molecule has 7 nitrogen and oxygen atoms in total. The zero-order chi connectivity index (χ0) is 21.8. The number of hydrogen-bond donors (Lipinski definition) is 1. The van der Waals surface area contributed by atoms with Crippen LogP contribution >= 0.6 is 11.6 Å². The molecule has 2 aromatic carbocycles. The largest absolute Gasteiger partial charge is 0.493 e. The standard InChI is InChI=1S/C20H25ClN2O5S/c1-13(2)28-19-16(21)10-15(11-17(19)27-5)20(24)22-12-14-8-6-7-9-18(14)29(25,26)23(3)4/h6-11,13H,12H2,1-5H3,(H,22,24). The normalized spacial score (nSPS) is 11.6. The summed E-state index contributed by atoms with van der Waals surface area (Å²) < 4.78 is 37.0. The number of ether oxygens (including phenoxy) is 2. The molecule has 2 aromatic rings. The average molecular weight is 441 g/mol. The van der Waals surface area contributed by atoms with Gasteiger partial charge in [0.2, 0.25) is 10.0 Å². The Balaban J connectivity index is 2.26. The molecule has 0 atom stereocenters. The Kier molecular flexibility index (Phi) is 7.51. The molecule has 29 heavy (non-hydrogen) atoms. The second-order valence-corrected chi connectivity index (χ2v) is 9.26. The predicted octanol–water partition coefficient (Wildman–Crippen LogP) is 3.32. The molecule has 0 saturated heterocycles. The van der Waals surface area contributed by atoms with Gasteiger partial charge in [0.1, 0.15) is 0 Å². The van der Waals surface area contributed by atoms with Crippen molar-refractivity contribution in [3.63, 3.8) is 0 Å². The Bertz CT molecular complexity index is 990. The quantitative estimate of drug-likeness (QED) is 0.680. The second-order valence-electron chi connectivity index (χ2n) is 6.73. The molecular formula is C20H25ClN2O5S. The molecule has 0 spiro atoms. The van der Waals surface area contributed by atoms with E-state index in [1.807, 2.05) is 13.8 Å². The Morgan fingerprint density at radius 2 is 1.86 bits per heavy atom. The van der Waals surface area contributed by atoms with E-state index >= 15 is 0 Å². The van der Waals surface area contributed by atoms with Crippen molar-refractivity contribution in [3.8, 4) is 11.5 Å². The summed E-state index contributed by atoms with van der Waals surface area (Å²) in [6.07, 6.45) is -0.115. The molecule has 0 aliphatic carbocycles. The first-order chi connectivity index (χ1) is 13.6. The van der Waals surface area contributed by atoms with Crippen LogP contribution in [0.3, 0.4) is 0 Å². The molecule has 0 aliphatic heterocycles. The smallest absolute Gasteiger partial charge is 0.251 e. The summed E-state index contributed by atoms with van der Waals surface area (Å²) in [6.45, 7) is 3.75. The third-order valence-electron chi connectivity index (χ3n) is 4.02. The predicted molar refractivity (Wildman–Crippen MR) is 112 cm³/mol. The van der Waals surface area contributed by atoms with Gasteiger partial charge in [0.25, 0.3) is 5.91 Å². The van der Waals surface area contributed by atoms with Gasteiger partial charge in [-0.15, -0.1) is 0 Å². The van der Waals surface area contributed by atoms with Gasteiger partial charge in [-0.25, -0.2) is 12.7 Å². The van der Waals surface area contributed by atoms with Crippen LogP contribution in [0, 0.1) is 0 Å². The summed E-state index contributed by atoms with van der Waals surface area (Å²) >= 11 is 6.27. The monoisotopic (exact) mass is 440 g/mol. The minimum absolute atomic E-state index is 0.0340. The van der Waals surface area contributed by atoms with Crippen LogP contribution in [-0.2, 0) is 16.6 Å². The maximum Gasteiger partial charge on any atom is 0.251 e. The lowest BCUT2D eigenvalue weighted by Crippen LogP contribution is -2.27. The zero-order valence-electron chi connectivity index (χ0n) is 17.0. The van der Waals surface area contributed by atoms with Crippen molar-refractivity contribution in [1.82, 2.24) is 9.62 Å². The summed E-state index contributed by atoms with van der Waals surface area (Å²) in [4.78, 5) is 12.8. The number of carbonyl (C=O) groups excluding carboxylic acids is 1. The minimum atomic E-state index is -3.63. The van der Waals surface area contributed by atoms with Gasteiger partial charge >= 0.3 is 0 Å². The molecule has 0 aromatic heterocycles. The lowest BCUT2D eigenvalue weighted by Gasteiger charge is -2.17. The fourth-order valence-corrected chi connectivity index (χ4v) is 3.95. The highest BCUT2D eigenvalue weighted by atomic mass is 35.5. The van der Waals surface area contributed by atoms with Crippen LogP contribution in [0.25, 0.3) is 0 Å². The highest BCUT2D eigenvalue weighted by Gasteiger charge is 2.21. The zero-order valence-corrected chi connectivity index (χ0v) is 18.6. The molecule has 158 valence electrons. The van der Waals surface area contributed by atoms with Crippen molar-refractivity contribution < 1.29 is 22.7 Å². The van der Waals surface area contributed by atoms with E-state index in [0.29, 0.717) is 17.1 Å². The third kappa shape index (κ3) is 5.41. The van der Waals surface area contributed by atoms with E-state index < -0.39 is 15.9 Å². The first-order valence-corrected chi connectivity index (χ1v) is 10.7. The number of rotatable bonds is 8. The number of nitrogens with one attached hydrogen (secondary N) is 1. The summed E-state index contributed by atoms with van der Waals surface area (Å²) in [5.74, 6) is 0.286. The van der Waals surface area contributed by atoms with E-state index in [0.717, 1.165) is 4.31 Å². The van der Waals surface area contributed by atoms with Gasteiger partial charge < -0.3 is 14.8 Å². The van der Waals surface area contributed by atoms with Crippen molar-refractivity contribution in [1.29, 1.82) is 0 Å². The van der Waals surface area contributed by atoms with Crippen molar-refractivity contribution in [3.05, 3.63) is 52.5 Å². The van der Waals surface area contributed by atoms with Crippen LogP contribution in [0.1, 0.15) is 29.8 Å². The molecule has 0 radical (unpaired) electrons. The molecule has 0 saturated carbocycles. The Morgan fingerprint density at radius 3 is 2.45 bits per heavy atom. The fourth-order valence-electron chi connectivity index (χ4n) is 2.58. The SMILES string of the molecule is COc1cc(C(=O)NCc2ccccc2S(=O)(=O)N(C)C)cc(Cl)c1OC(C)C. The highest BCUT2D eigenvalue weighted by molar-refractivity contribution is 7.89. The van der Waals surface area contributed by atoms with Gasteiger partial charge in [0.05, 0.1) is 23.1 Å².